The predicted octanol–water partition coefficient (Wildman–Crippen LogP) is 6.22. The van der Waals surface area contributed by atoms with Crippen molar-refractivity contribution in [3.05, 3.63) is 91.0 Å². The third-order valence-corrected chi connectivity index (χ3v) is 4.75. The molecule has 24 heavy (non-hydrogen) atoms. The van der Waals surface area contributed by atoms with Gasteiger partial charge in [-0.3, -0.25) is 0 Å². The lowest BCUT2D eigenvalue weighted by Crippen LogP contribution is -1.89. The number of aromatic nitrogens is 1. The van der Waals surface area contributed by atoms with E-state index in [1.807, 2.05) is 54.6 Å². The van der Waals surface area contributed by atoms with Gasteiger partial charge in [-0.2, -0.15) is 0 Å². The van der Waals surface area contributed by atoms with Gasteiger partial charge in [0.2, 0.25) is 0 Å². The molecule has 0 fully saturated rings. The Hall–Kier alpha value is -2.91. The molecule has 116 valence electrons. The average molecular weight is 328 g/mol. The summed E-state index contributed by atoms with van der Waals surface area (Å²) in [6, 6.07) is 30.8. The quantitative estimate of drug-likeness (QED) is 0.481. The maximum absolute atomic E-state index is 4.90. The van der Waals surface area contributed by atoms with Crippen molar-refractivity contribution in [1.29, 1.82) is 0 Å². The lowest BCUT2D eigenvalue weighted by molar-refractivity contribution is 1.39. The summed E-state index contributed by atoms with van der Waals surface area (Å²) in [5.41, 5.74) is 4.32. The van der Waals surface area contributed by atoms with Crippen molar-refractivity contribution < 1.29 is 0 Å². The summed E-state index contributed by atoms with van der Waals surface area (Å²) in [4.78, 5) is 4.90. The molecule has 4 rings (SSSR count). The first kappa shape index (κ1) is 14.7. The van der Waals surface area contributed by atoms with Gasteiger partial charge in [-0.05, 0) is 12.1 Å². The topological polar surface area (TPSA) is 24.9 Å². The van der Waals surface area contributed by atoms with Crippen LogP contribution in [0.1, 0.15) is 0 Å². The highest BCUT2D eigenvalue weighted by atomic mass is 32.1. The minimum Gasteiger partial charge on any atom is -0.345 e. The van der Waals surface area contributed by atoms with E-state index in [0.29, 0.717) is 0 Å². The number of nitrogens with one attached hydrogen (secondary N) is 1. The second-order valence-corrected chi connectivity index (χ2v) is 6.42. The second kappa shape index (κ2) is 6.69. The number of benzene rings is 3. The van der Waals surface area contributed by atoms with Crippen molar-refractivity contribution in [1.82, 2.24) is 4.98 Å². The summed E-state index contributed by atoms with van der Waals surface area (Å²) in [6.07, 6.45) is 0. The van der Waals surface area contributed by atoms with Gasteiger partial charge in [0.15, 0.2) is 0 Å². The van der Waals surface area contributed by atoms with Crippen LogP contribution in [0.25, 0.3) is 21.8 Å². The van der Waals surface area contributed by atoms with E-state index in [0.717, 1.165) is 32.5 Å². The van der Waals surface area contributed by atoms with Crippen LogP contribution in [0.3, 0.4) is 0 Å². The standard InChI is InChI=1S/C21H16N2S/c1-4-10-16(11-5-1)19-21(22-18-14-8-3-9-15-18)24-20(23-19)17-12-6-2-7-13-17/h1-15,22H. The summed E-state index contributed by atoms with van der Waals surface area (Å²) < 4.78 is 0. The Kier molecular flexibility index (Phi) is 4.09. The minimum absolute atomic E-state index is 0.989. The van der Waals surface area contributed by atoms with Crippen LogP contribution in [0.4, 0.5) is 10.7 Å². The fourth-order valence-corrected chi connectivity index (χ4v) is 3.57. The molecular formula is C21H16N2S. The lowest BCUT2D eigenvalue weighted by atomic mass is 10.1. The van der Waals surface area contributed by atoms with E-state index in [9.17, 15) is 0 Å². The summed E-state index contributed by atoms with van der Waals surface area (Å²) in [5, 5.41) is 5.60. The predicted molar refractivity (Wildman–Crippen MR) is 103 cm³/mol. The van der Waals surface area contributed by atoms with E-state index in [2.05, 4.69) is 41.7 Å². The van der Waals surface area contributed by atoms with Gasteiger partial charge in [0.05, 0.1) is 0 Å². The first-order valence-corrected chi connectivity index (χ1v) is 8.65. The summed E-state index contributed by atoms with van der Waals surface area (Å²) >= 11 is 1.68. The van der Waals surface area contributed by atoms with Gasteiger partial charge >= 0.3 is 0 Å². The van der Waals surface area contributed by atoms with Crippen LogP contribution in [0.15, 0.2) is 91.0 Å². The molecule has 0 saturated heterocycles. The van der Waals surface area contributed by atoms with Crippen molar-refractivity contribution in [3.8, 4) is 21.8 Å². The number of para-hydroxylation sites is 1. The van der Waals surface area contributed by atoms with E-state index in [4.69, 9.17) is 4.98 Å². The van der Waals surface area contributed by atoms with Crippen LogP contribution in [0, 0.1) is 0 Å². The SMILES string of the molecule is c1ccc(Nc2sc(-c3ccccc3)nc2-c2ccccc2)cc1. The Morgan fingerprint density at radius 1 is 0.625 bits per heavy atom. The van der Waals surface area contributed by atoms with E-state index in [1.165, 1.54) is 0 Å². The van der Waals surface area contributed by atoms with Crippen molar-refractivity contribution >= 4 is 22.0 Å². The van der Waals surface area contributed by atoms with Gasteiger partial charge < -0.3 is 5.32 Å². The molecule has 3 heteroatoms. The van der Waals surface area contributed by atoms with Crippen molar-refractivity contribution in [2.75, 3.05) is 5.32 Å². The zero-order valence-electron chi connectivity index (χ0n) is 13.0. The molecule has 2 nitrogen and oxygen atoms in total. The number of hydrogen-bond donors (Lipinski definition) is 1. The molecule has 1 N–H and O–H groups in total. The van der Waals surface area contributed by atoms with Gasteiger partial charge in [0.1, 0.15) is 15.7 Å². The number of anilines is 2. The molecule has 1 aromatic heterocycles. The monoisotopic (exact) mass is 328 g/mol. The second-order valence-electron chi connectivity index (χ2n) is 5.42. The van der Waals surface area contributed by atoms with Gasteiger partial charge in [0.25, 0.3) is 0 Å². The molecule has 0 amide bonds. The number of thiazole rings is 1. The molecule has 3 aromatic carbocycles. The molecule has 1 heterocycles. The third-order valence-electron chi connectivity index (χ3n) is 3.73. The van der Waals surface area contributed by atoms with Crippen molar-refractivity contribution in [2.45, 2.75) is 0 Å². The summed E-state index contributed by atoms with van der Waals surface area (Å²) in [5.74, 6) is 0. The van der Waals surface area contributed by atoms with Crippen LogP contribution in [-0.2, 0) is 0 Å². The molecule has 0 aliphatic rings. The highest BCUT2D eigenvalue weighted by Gasteiger charge is 2.14. The van der Waals surface area contributed by atoms with Gasteiger partial charge in [-0.15, -0.1) is 0 Å². The van der Waals surface area contributed by atoms with Crippen LogP contribution in [0.5, 0.6) is 0 Å². The Bertz CT molecular complexity index is 916. The van der Waals surface area contributed by atoms with Crippen LogP contribution in [0.2, 0.25) is 0 Å². The maximum Gasteiger partial charge on any atom is 0.126 e. The molecule has 0 unspecified atom stereocenters. The first-order chi connectivity index (χ1) is 11.9. The van der Waals surface area contributed by atoms with Crippen molar-refractivity contribution in [2.24, 2.45) is 0 Å². The average Bonchev–Trinajstić information content (AvgIpc) is 3.08. The molecular weight excluding hydrogens is 312 g/mol. The Balaban J connectivity index is 1.80. The lowest BCUT2D eigenvalue weighted by Gasteiger charge is -2.05. The smallest absolute Gasteiger partial charge is 0.126 e. The zero-order chi connectivity index (χ0) is 16.2. The summed E-state index contributed by atoms with van der Waals surface area (Å²) in [7, 11) is 0. The third kappa shape index (κ3) is 3.07. The molecule has 4 aromatic rings. The van der Waals surface area contributed by atoms with Crippen LogP contribution >= 0.6 is 11.3 Å². The van der Waals surface area contributed by atoms with Gasteiger partial charge in [0, 0.05) is 16.8 Å². The number of hydrogen-bond acceptors (Lipinski definition) is 3. The molecule has 0 aliphatic heterocycles. The van der Waals surface area contributed by atoms with E-state index >= 15 is 0 Å². The van der Waals surface area contributed by atoms with Crippen LogP contribution < -0.4 is 5.32 Å². The fraction of sp³-hybridized carbons (Fsp3) is 0. The highest BCUT2D eigenvalue weighted by Crippen LogP contribution is 2.39. The first-order valence-electron chi connectivity index (χ1n) is 7.84. The minimum atomic E-state index is 0.989. The number of nitrogens with zero attached hydrogens (tertiary/aromatic N) is 1. The van der Waals surface area contributed by atoms with Crippen molar-refractivity contribution in [3.63, 3.8) is 0 Å². The fourth-order valence-electron chi connectivity index (χ4n) is 2.55. The molecule has 0 bridgehead atoms. The van der Waals surface area contributed by atoms with E-state index in [-0.39, 0.29) is 0 Å². The van der Waals surface area contributed by atoms with E-state index in [1.54, 1.807) is 11.3 Å². The van der Waals surface area contributed by atoms with Crippen LogP contribution in [-0.4, -0.2) is 4.98 Å². The Labute approximate surface area is 145 Å². The van der Waals surface area contributed by atoms with Gasteiger partial charge in [-0.1, -0.05) is 90.2 Å². The Morgan fingerprint density at radius 3 is 1.79 bits per heavy atom. The molecule has 0 atom stereocenters. The van der Waals surface area contributed by atoms with E-state index < -0.39 is 0 Å². The van der Waals surface area contributed by atoms with Gasteiger partial charge in [-0.25, -0.2) is 4.98 Å². The largest absolute Gasteiger partial charge is 0.345 e. The molecule has 0 spiro atoms. The highest BCUT2D eigenvalue weighted by molar-refractivity contribution is 7.19. The maximum atomic E-state index is 4.90. The summed E-state index contributed by atoms with van der Waals surface area (Å²) in [6.45, 7) is 0. The number of rotatable bonds is 4. The molecule has 0 radical (unpaired) electrons. The normalized spacial score (nSPS) is 10.5. The molecule has 0 saturated carbocycles. The molecule has 0 aliphatic carbocycles. The Morgan fingerprint density at radius 2 is 1.17 bits per heavy atom. The zero-order valence-corrected chi connectivity index (χ0v) is 13.8.